The lowest BCUT2D eigenvalue weighted by Gasteiger charge is -2.20. The zero-order valence-electron chi connectivity index (χ0n) is 14.5. The fraction of sp³-hybridized carbons (Fsp3) is 0.500. The van der Waals surface area contributed by atoms with Gasteiger partial charge in [-0.2, -0.15) is 0 Å². The van der Waals surface area contributed by atoms with Crippen molar-refractivity contribution in [1.29, 1.82) is 0 Å². The third-order valence-corrected chi connectivity index (χ3v) is 4.18. The summed E-state index contributed by atoms with van der Waals surface area (Å²) >= 11 is 0. The maximum atomic E-state index is 12.1. The number of hydrogen-bond donors (Lipinski definition) is 2. The second kappa shape index (κ2) is 7.95. The van der Waals surface area contributed by atoms with Gasteiger partial charge in [0.05, 0.1) is 5.92 Å². The number of nitrogens with one attached hydrogen (secondary N) is 2. The summed E-state index contributed by atoms with van der Waals surface area (Å²) in [5.74, 6) is -0.562. The number of rotatable bonds is 6. The molecule has 1 saturated heterocycles. The highest BCUT2D eigenvalue weighted by Gasteiger charge is 2.35. The molecule has 6 heteroatoms. The van der Waals surface area contributed by atoms with Crippen LogP contribution in [0.1, 0.15) is 36.2 Å². The molecule has 0 bridgehead atoms. The molecule has 1 heterocycles. The SMILES string of the molecule is Cc1ccc(C(=O)NCCNC(=O)C2CC(=O)N(C(C)C)C2)cc1. The van der Waals surface area contributed by atoms with Crippen LogP contribution in [0.4, 0.5) is 0 Å². The molecule has 0 aliphatic carbocycles. The van der Waals surface area contributed by atoms with E-state index in [0.29, 0.717) is 25.2 Å². The molecule has 0 saturated carbocycles. The Kier molecular flexibility index (Phi) is 5.95. The van der Waals surface area contributed by atoms with E-state index in [1.165, 1.54) is 0 Å². The number of carbonyl (C=O) groups excluding carboxylic acids is 3. The number of hydrogen-bond acceptors (Lipinski definition) is 3. The Morgan fingerprint density at radius 1 is 1.17 bits per heavy atom. The van der Waals surface area contributed by atoms with Gasteiger partial charge >= 0.3 is 0 Å². The fourth-order valence-corrected chi connectivity index (χ4v) is 2.72. The van der Waals surface area contributed by atoms with Crippen LogP contribution in [0.25, 0.3) is 0 Å². The van der Waals surface area contributed by atoms with Gasteiger partial charge in [0.25, 0.3) is 5.91 Å². The van der Waals surface area contributed by atoms with Crippen molar-refractivity contribution in [1.82, 2.24) is 15.5 Å². The fourth-order valence-electron chi connectivity index (χ4n) is 2.72. The Balaban J connectivity index is 1.71. The first-order valence-corrected chi connectivity index (χ1v) is 8.30. The summed E-state index contributed by atoms with van der Waals surface area (Å²) in [5.41, 5.74) is 1.70. The van der Waals surface area contributed by atoms with Gasteiger partial charge in [0.15, 0.2) is 0 Å². The van der Waals surface area contributed by atoms with Gasteiger partial charge in [0, 0.05) is 37.7 Å². The molecule has 1 fully saturated rings. The monoisotopic (exact) mass is 331 g/mol. The van der Waals surface area contributed by atoms with Crippen molar-refractivity contribution < 1.29 is 14.4 Å². The summed E-state index contributed by atoms with van der Waals surface area (Å²) in [7, 11) is 0. The molecule has 130 valence electrons. The van der Waals surface area contributed by atoms with E-state index >= 15 is 0 Å². The summed E-state index contributed by atoms with van der Waals surface area (Å²) in [5, 5.41) is 5.56. The van der Waals surface area contributed by atoms with Gasteiger partial charge in [0.1, 0.15) is 0 Å². The Morgan fingerprint density at radius 3 is 2.38 bits per heavy atom. The van der Waals surface area contributed by atoms with Gasteiger partial charge in [-0.25, -0.2) is 0 Å². The molecule has 1 aromatic carbocycles. The summed E-state index contributed by atoms with van der Waals surface area (Å²) in [6, 6.07) is 7.42. The van der Waals surface area contributed by atoms with Crippen molar-refractivity contribution in [3.63, 3.8) is 0 Å². The first-order valence-electron chi connectivity index (χ1n) is 8.30. The van der Waals surface area contributed by atoms with E-state index in [4.69, 9.17) is 0 Å². The molecule has 0 spiro atoms. The minimum Gasteiger partial charge on any atom is -0.354 e. The maximum absolute atomic E-state index is 12.1. The molecule has 2 N–H and O–H groups in total. The molecule has 1 aliphatic heterocycles. The average Bonchev–Trinajstić information content (AvgIpc) is 2.94. The molecule has 1 aromatic rings. The highest BCUT2D eigenvalue weighted by Crippen LogP contribution is 2.19. The van der Waals surface area contributed by atoms with E-state index in [2.05, 4.69) is 10.6 Å². The Bertz CT molecular complexity index is 610. The van der Waals surface area contributed by atoms with Crippen molar-refractivity contribution in [2.75, 3.05) is 19.6 Å². The molecule has 0 radical (unpaired) electrons. The molecule has 1 aliphatic rings. The van der Waals surface area contributed by atoms with Gasteiger partial charge < -0.3 is 15.5 Å². The van der Waals surface area contributed by atoms with Gasteiger partial charge in [-0.3, -0.25) is 14.4 Å². The number of benzene rings is 1. The number of likely N-dealkylation sites (tertiary alicyclic amines) is 1. The van der Waals surface area contributed by atoms with Crippen molar-refractivity contribution in [3.8, 4) is 0 Å². The maximum Gasteiger partial charge on any atom is 0.251 e. The molecule has 24 heavy (non-hydrogen) atoms. The van der Waals surface area contributed by atoms with Gasteiger partial charge in [-0.15, -0.1) is 0 Å². The molecule has 1 atom stereocenters. The van der Waals surface area contributed by atoms with E-state index in [0.717, 1.165) is 5.56 Å². The average molecular weight is 331 g/mol. The minimum absolute atomic E-state index is 0.0258. The molecule has 6 nitrogen and oxygen atoms in total. The van der Waals surface area contributed by atoms with Gasteiger partial charge in [-0.1, -0.05) is 17.7 Å². The van der Waals surface area contributed by atoms with Crippen LogP contribution < -0.4 is 10.6 Å². The minimum atomic E-state index is -0.298. The first-order chi connectivity index (χ1) is 11.4. The number of nitrogens with zero attached hydrogens (tertiary/aromatic N) is 1. The van der Waals surface area contributed by atoms with E-state index in [1.54, 1.807) is 17.0 Å². The number of amides is 3. The highest BCUT2D eigenvalue weighted by molar-refractivity contribution is 5.94. The van der Waals surface area contributed by atoms with Crippen molar-refractivity contribution in [3.05, 3.63) is 35.4 Å². The second-order valence-electron chi connectivity index (χ2n) is 6.45. The van der Waals surface area contributed by atoms with Crippen molar-refractivity contribution in [2.45, 2.75) is 33.2 Å². The first kappa shape index (κ1) is 18.0. The van der Waals surface area contributed by atoms with E-state index in [9.17, 15) is 14.4 Å². The Labute approximate surface area is 142 Å². The highest BCUT2D eigenvalue weighted by atomic mass is 16.2. The van der Waals surface area contributed by atoms with Crippen LogP contribution in [-0.2, 0) is 9.59 Å². The summed E-state index contributed by atoms with van der Waals surface area (Å²) < 4.78 is 0. The number of carbonyl (C=O) groups is 3. The van der Waals surface area contributed by atoms with E-state index in [-0.39, 0.29) is 36.1 Å². The van der Waals surface area contributed by atoms with Crippen molar-refractivity contribution >= 4 is 17.7 Å². The van der Waals surface area contributed by atoms with Crippen LogP contribution >= 0.6 is 0 Å². The second-order valence-corrected chi connectivity index (χ2v) is 6.45. The lowest BCUT2D eigenvalue weighted by atomic mass is 10.1. The number of aryl methyl sites for hydroxylation is 1. The normalized spacial score (nSPS) is 17.2. The largest absolute Gasteiger partial charge is 0.354 e. The smallest absolute Gasteiger partial charge is 0.251 e. The van der Waals surface area contributed by atoms with E-state index in [1.807, 2.05) is 32.9 Å². The lowest BCUT2D eigenvalue weighted by Crippen LogP contribution is -2.39. The molecule has 0 aromatic heterocycles. The molecule has 2 rings (SSSR count). The summed E-state index contributed by atoms with van der Waals surface area (Å²) in [6.45, 7) is 7.02. The third-order valence-electron chi connectivity index (χ3n) is 4.18. The molecule has 3 amide bonds. The van der Waals surface area contributed by atoms with Crippen LogP contribution in [-0.4, -0.2) is 48.3 Å². The van der Waals surface area contributed by atoms with Crippen LogP contribution in [0.15, 0.2) is 24.3 Å². The van der Waals surface area contributed by atoms with Crippen LogP contribution in [0.3, 0.4) is 0 Å². The third kappa shape index (κ3) is 4.57. The quantitative estimate of drug-likeness (QED) is 0.766. The van der Waals surface area contributed by atoms with Gasteiger partial charge in [0.2, 0.25) is 11.8 Å². The topological polar surface area (TPSA) is 78.5 Å². The van der Waals surface area contributed by atoms with Gasteiger partial charge in [-0.05, 0) is 32.9 Å². The van der Waals surface area contributed by atoms with Crippen LogP contribution in [0.2, 0.25) is 0 Å². The Morgan fingerprint density at radius 2 is 1.79 bits per heavy atom. The predicted molar refractivity (Wildman–Crippen MR) is 91.5 cm³/mol. The van der Waals surface area contributed by atoms with Crippen LogP contribution in [0, 0.1) is 12.8 Å². The summed E-state index contributed by atoms with van der Waals surface area (Å²) in [4.78, 5) is 37.6. The lowest BCUT2D eigenvalue weighted by molar-refractivity contribution is -0.129. The molecule has 1 unspecified atom stereocenters. The predicted octanol–water partition coefficient (Wildman–Crippen LogP) is 1.10. The standard InChI is InChI=1S/C18H25N3O3/c1-12(2)21-11-15(10-16(21)22)18(24)20-9-8-19-17(23)14-6-4-13(3)5-7-14/h4-7,12,15H,8-11H2,1-3H3,(H,19,23)(H,20,24). The summed E-state index contributed by atoms with van der Waals surface area (Å²) in [6.07, 6.45) is 0.264. The molecular formula is C18H25N3O3. The van der Waals surface area contributed by atoms with Crippen molar-refractivity contribution in [2.24, 2.45) is 5.92 Å². The Hall–Kier alpha value is -2.37. The van der Waals surface area contributed by atoms with E-state index < -0.39 is 0 Å². The molecular weight excluding hydrogens is 306 g/mol. The van der Waals surface area contributed by atoms with Crippen LogP contribution in [0.5, 0.6) is 0 Å². The zero-order chi connectivity index (χ0) is 17.7. The zero-order valence-corrected chi connectivity index (χ0v) is 14.5.